The molecule has 1 aliphatic rings. The molecule has 0 aromatic heterocycles. The smallest absolute Gasteiger partial charge is 0.139 e. The number of hydrogen-bond acceptors (Lipinski definition) is 1. The molecule has 1 fully saturated rings. The summed E-state index contributed by atoms with van der Waals surface area (Å²) in [7, 11) is 0. The van der Waals surface area contributed by atoms with E-state index in [1.54, 1.807) is 0 Å². The highest BCUT2D eigenvalue weighted by Crippen LogP contribution is 2.44. The first-order chi connectivity index (χ1) is 6.53. The van der Waals surface area contributed by atoms with Crippen LogP contribution in [0.25, 0.3) is 0 Å². The molecular weight excluding hydrogens is 172 g/mol. The normalized spacial score (nSPS) is 25.6. The van der Waals surface area contributed by atoms with Crippen LogP contribution >= 0.6 is 0 Å². The zero-order valence-electron chi connectivity index (χ0n) is 10.1. The predicted octanol–water partition coefficient (Wildman–Crippen LogP) is 3.82. The summed E-state index contributed by atoms with van der Waals surface area (Å²) in [6.07, 6.45) is 5.62. The summed E-state index contributed by atoms with van der Waals surface area (Å²) in [4.78, 5) is 12.2. The third-order valence-electron chi connectivity index (χ3n) is 3.99. The molecule has 0 aromatic carbocycles. The van der Waals surface area contributed by atoms with E-state index in [2.05, 4.69) is 27.7 Å². The fourth-order valence-corrected chi connectivity index (χ4v) is 2.83. The molecule has 0 N–H and O–H groups in total. The van der Waals surface area contributed by atoms with Crippen molar-refractivity contribution in [3.63, 3.8) is 0 Å². The van der Waals surface area contributed by atoms with Gasteiger partial charge in [0.25, 0.3) is 0 Å². The first-order valence-electron chi connectivity index (χ1n) is 6.06. The SMILES string of the molecule is CCC(CC)C(=O)C1CCCC1(C)C. The number of hydrogen-bond donors (Lipinski definition) is 0. The second-order valence-electron chi connectivity index (χ2n) is 5.35. The van der Waals surface area contributed by atoms with Gasteiger partial charge >= 0.3 is 0 Å². The molecule has 1 heteroatoms. The molecule has 0 radical (unpaired) electrons. The number of carbonyl (C=O) groups excluding carboxylic acids is 1. The van der Waals surface area contributed by atoms with E-state index in [9.17, 15) is 4.79 Å². The Morgan fingerprint density at radius 3 is 2.29 bits per heavy atom. The van der Waals surface area contributed by atoms with Crippen LogP contribution in [0.3, 0.4) is 0 Å². The molecule has 0 saturated heterocycles. The van der Waals surface area contributed by atoms with Gasteiger partial charge in [-0.25, -0.2) is 0 Å². The molecule has 0 spiro atoms. The van der Waals surface area contributed by atoms with Gasteiger partial charge in [-0.2, -0.15) is 0 Å². The van der Waals surface area contributed by atoms with Crippen molar-refractivity contribution in [1.82, 2.24) is 0 Å². The van der Waals surface area contributed by atoms with E-state index in [-0.39, 0.29) is 5.41 Å². The van der Waals surface area contributed by atoms with E-state index >= 15 is 0 Å². The van der Waals surface area contributed by atoms with Gasteiger partial charge in [0.15, 0.2) is 0 Å². The van der Waals surface area contributed by atoms with Crippen molar-refractivity contribution in [2.75, 3.05) is 0 Å². The van der Waals surface area contributed by atoms with Crippen LogP contribution in [0.5, 0.6) is 0 Å². The van der Waals surface area contributed by atoms with Gasteiger partial charge in [-0.1, -0.05) is 34.1 Å². The second-order valence-corrected chi connectivity index (χ2v) is 5.35. The van der Waals surface area contributed by atoms with E-state index in [4.69, 9.17) is 0 Å². The number of Topliss-reactive ketones (excluding diaryl/α,β-unsaturated/α-hetero) is 1. The Hall–Kier alpha value is -0.330. The zero-order chi connectivity index (χ0) is 10.8. The highest BCUT2D eigenvalue weighted by Gasteiger charge is 2.40. The lowest BCUT2D eigenvalue weighted by atomic mass is 9.75. The third kappa shape index (κ3) is 2.18. The summed E-state index contributed by atoms with van der Waals surface area (Å²) >= 11 is 0. The fraction of sp³-hybridized carbons (Fsp3) is 0.923. The summed E-state index contributed by atoms with van der Waals surface area (Å²) < 4.78 is 0. The lowest BCUT2D eigenvalue weighted by Gasteiger charge is -2.28. The molecule has 0 aliphatic heterocycles. The van der Waals surface area contributed by atoms with Crippen molar-refractivity contribution < 1.29 is 4.79 Å². The Kier molecular flexibility index (Phi) is 3.74. The molecule has 0 amide bonds. The summed E-state index contributed by atoms with van der Waals surface area (Å²) in [5.74, 6) is 1.20. The van der Waals surface area contributed by atoms with Crippen LogP contribution in [0.2, 0.25) is 0 Å². The average molecular weight is 196 g/mol. The van der Waals surface area contributed by atoms with Gasteiger partial charge in [-0.15, -0.1) is 0 Å². The van der Waals surface area contributed by atoms with E-state index in [1.165, 1.54) is 12.8 Å². The standard InChI is InChI=1S/C13H24O/c1-5-10(6-2)12(14)11-8-7-9-13(11,3)4/h10-11H,5-9H2,1-4H3. The Balaban J connectivity index is 2.68. The van der Waals surface area contributed by atoms with Crippen LogP contribution in [0.4, 0.5) is 0 Å². The second kappa shape index (κ2) is 4.46. The van der Waals surface area contributed by atoms with Crippen LogP contribution in [-0.2, 0) is 4.79 Å². The lowest BCUT2D eigenvalue weighted by Crippen LogP contribution is -2.30. The minimum absolute atomic E-state index is 0.264. The van der Waals surface area contributed by atoms with Gasteiger partial charge in [0.2, 0.25) is 0 Å². The van der Waals surface area contributed by atoms with Crippen molar-refractivity contribution >= 4 is 5.78 Å². The molecule has 14 heavy (non-hydrogen) atoms. The maximum Gasteiger partial charge on any atom is 0.139 e. The highest BCUT2D eigenvalue weighted by molar-refractivity contribution is 5.84. The molecule has 1 atom stereocenters. The quantitative estimate of drug-likeness (QED) is 0.668. The topological polar surface area (TPSA) is 17.1 Å². The van der Waals surface area contributed by atoms with Crippen molar-refractivity contribution in [3.05, 3.63) is 0 Å². The molecule has 1 aliphatic carbocycles. The molecule has 82 valence electrons. The Labute approximate surface area is 88.3 Å². The van der Waals surface area contributed by atoms with E-state index < -0.39 is 0 Å². The Morgan fingerprint density at radius 2 is 1.93 bits per heavy atom. The average Bonchev–Trinajstić information content (AvgIpc) is 2.47. The molecule has 1 nitrogen and oxygen atoms in total. The molecule has 0 heterocycles. The van der Waals surface area contributed by atoms with Gasteiger partial charge in [-0.3, -0.25) is 4.79 Å². The van der Waals surface area contributed by atoms with Crippen molar-refractivity contribution in [3.8, 4) is 0 Å². The summed E-state index contributed by atoms with van der Waals surface area (Å²) in [6.45, 7) is 8.78. The van der Waals surface area contributed by atoms with Crippen molar-refractivity contribution in [2.45, 2.75) is 59.8 Å². The molecule has 0 aromatic rings. The number of carbonyl (C=O) groups is 1. The van der Waals surface area contributed by atoms with Crippen LogP contribution in [0, 0.1) is 17.3 Å². The summed E-state index contributed by atoms with van der Waals surface area (Å²) in [5, 5.41) is 0. The van der Waals surface area contributed by atoms with Gasteiger partial charge in [0, 0.05) is 11.8 Å². The highest BCUT2D eigenvalue weighted by atomic mass is 16.1. The molecule has 1 saturated carbocycles. The van der Waals surface area contributed by atoms with Crippen molar-refractivity contribution in [2.24, 2.45) is 17.3 Å². The molecule has 1 unspecified atom stereocenters. The maximum absolute atomic E-state index is 12.2. The van der Waals surface area contributed by atoms with Gasteiger partial charge < -0.3 is 0 Å². The van der Waals surface area contributed by atoms with Crippen LogP contribution in [-0.4, -0.2) is 5.78 Å². The molecule has 0 bridgehead atoms. The van der Waals surface area contributed by atoms with Crippen LogP contribution in [0.15, 0.2) is 0 Å². The monoisotopic (exact) mass is 196 g/mol. The third-order valence-corrected chi connectivity index (χ3v) is 3.99. The van der Waals surface area contributed by atoms with E-state index in [1.807, 2.05) is 0 Å². The van der Waals surface area contributed by atoms with Gasteiger partial charge in [0.1, 0.15) is 5.78 Å². The Bertz CT molecular complexity index is 201. The zero-order valence-corrected chi connectivity index (χ0v) is 10.1. The van der Waals surface area contributed by atoms with E-state index in [0.29, 0.717) is 17.6 Å². The lowest BCUT2D eigenvalue weighted by molar-refractivity contribution is -0.129. The summed E-state index contributed by atoms with van der Waals surface area (Å²) in [6, 6.07) is 0. The number of ketones is 1. The van der Waals surface area contributed by atoms with Crippen molar-refractivity contribution in [1.29, 1.82) is 0 Å². The minimum atomic E-state index is 0.264. The maximum atomic E-state index is 12.2. The first-order valence-corrected chi connectivity index (χ1v) is 6.06. The van der Waals surface area contributed by atoms with Crippen LogP contribution in [0.1, 0.15) is 59.8 Å². The molecular formula is C13H24O. The minimum Gasteiger partial charge on any atom is -0.299 e. The van der Waals surface area contributed by atoms with Gasteiger partial charge in [-0.05, 0) is 31.1 Å². The predicted molar refractivity (Wildman–Crippen MR) is 60.2 cm³/mol. The fourth-order valence-electron chi connectivity index (χ4n) is 2.83. The molecule has 1 rings (SSSR count). The first kappa shape index (κ1) is 11.7. The van der Waals surface area contributed by atoms with E-state index in [0.717, 1.165) is 19.3 Å². The Morgan fingerprint density at radius 1 is 1.36 bits per heavy atom. The largest absolute Gasteiger partial charge is 0.299 e. The van der Waals surface area contributed by atoms with Gasteiger partial charge in [0.05, 0.1) is 0 Å². The summed E-state index contributed by atoms with van der Waals surface area (Å²) in [5.41, 5.74) is 0.264. The van der Waals surface area contributed by atoms with Crippen LogP contribution < -0.4 is 0 Å². The number of rotatable bonds is 4.